The van der Waals surface area contributed by atoms with Gasteiger partial charge < -0.3 is 9.47 Å². The molecule has 0 saturated heterocycles. The van der Waals surface area contributed by atoms with Crippen LogP contribution in [0.1, 0.15) is 25.5 Å². The maximum atomic E-state index is 12.6. The van der Waals surface area contributed by atoms with Gasteiger partial charge in [-0.15, -0.1) is 0 Å². The minimum Gasteiger partial charge on any atom is -0.449 e. The van der Waals surface area contributed by atoms with Gasteiger partial charge in [0.05, 0.1) is 0 Å². The van der Waals surface area contributed by atoms with Crippen LogP contribution in [0.5, 0.6) is 11.5 Å². The van der Waals surface area contributed by atoms with Gasteiger partial charge in [0, 0.05) is 13.8 Å². The molecule has 26 heavy (non-hydrogen) atoms. The van der Waals surface area contributed by atoms with Gasteiger partial charge in [-0.1, -0.05) is 6.07 Å². The number of carbonyl (C=O) groups excluding carboxylic acids is 1. The minimum atomic E-state index is -4.21. The maximum absolute atomic E-state index is 12.6. The van der Waals surface area contributed by atoms with Crippen LogP contribution in [0.15, 0.2) is 23.1 Å². The summed E-state index contributed by atoms with van der Waals surface area (Å²) in [6.07, 6.45) is 0. The van der Waals surface area contributed by atoms with Gasteiger partial charge in [0.1, 0.15) is 16.5 Å². The smallest absolute Gasteiger partial charge is 0.335 e. The molecule has 138 valence electrons. The predicted octanol–water partition coefficient (Wildman–Crippen LogP) is 1.51. The van der Waals surface area contributed by atoms with E-state index >= 15 is 0 Å². The quantitative estimate of drug-likeness (QED) is 0.820. The Labute approximate surface area is 150 Å². The molecular formula is C15H17N5O5S. The van der Waals surface area contributed by atoms with E-state index in [1.54, 1.807) is 33.8 Å². The minimum absolute atomic E-state index is 0.0460. The first-order valence-corrected chi connectivity index (χ1v) is 9.08. The number of hydrogen-bond donors (Lipinski definition) is 2. The lowest BCUT2D eigenvalue weighted by molar-refractivity contribution is -0.0442. The second-order valence-electron chi connectivity index (χ2n) is 6.00. The lowest BCUT2D eigenvalue weighted by Crippen LogP contribution is -2.35. The van der Waals surface area contributed by atoms with Crippen LogP contribution in [-0.2, 0) is 10.0 Å². The number of amides is 2. The summed E-state index contributed by atoms with van der Waals surface area (Å²) in [5.74, 6) is 0.0536. The summed E-state index contributed by atoms with van der Waals surface area (Å²) < 4.78 is 38.1. The van der Waals surface area contributed by atoms with Crippen molar-refractivity contribution in [3.8, 4) is 11.5 Å². The number of nitrogens with zero attached hydrogens (tertiary/aromatic N) is 3. The van der Waals surface area contributed by atoms with Gasteiger partial charge in [0.25, 0.3) is 10.0 Å². The molecule has 11 heteroatoms. The Bertz CT molecular complexity index is 970. The number of ether oxygens (including phenoxy) is 2. The highest BCUT2D eigenvalue weighted by Crippen LogP contribution is 2.43. The molecule has 0 atom stereocenters. The molecule has 0 aliphatic carbocycles. The van der Waals surface area contributed by atoms with Gasteiger partial charge in [-0.05, 0) is 26.0 Å². The van der Waals surface area contributed by atoms with Crippen LogP contribution < -0.4 is 19.5 Å². The summed E-state index contributed by atoms with van der Waals surface area (Å²) in [5, 5.41) is 2.27. The van der Waals surface area contributed by atoms with Gasteiger partial charge in [0.2, 0.25) is 11.7 Å². The topological polar surface area (TPSA) is 132 Å². The Hall–Kier alpha value is -2.95. The first kappa shape index (κ1) is 17.9. The van der Waals surface area contributed by atoms with E-state index in [1.807, 2.05) is 4.72 Å². The molecule has 2 N–H and O–H groups in total. The molecule has 2 heterocycles. The van der Waals surface area contributed by atoms with Crippen LogP contribution in [0.2, 0.25) is 0 Å². The molecule has 0 radical (unpaired) electrons. The molecule has 10 nitrogen and oxygen atoms in total. The number of hydrogen-bond acceptors (Lipinski definition) is 8. The first-order valence-electron chi connectivity index (χ1n) is 7.60. The summed E-state index contributed by atoms with van der Waals surface area (Å²) in [7, 11) is -4.21. The zero-order valence-corrected chi connectivity index (χ0v) is 15.3. The fourth-order valence-electron chi connectivity index (χ4n) is 2.40. The number of benzene rings is 1. The van der Waals surface area contributed by atoms with Crippen molar-refractivity contribution in [1.82, 2.24) is 19.7 Å². The number of para-hydroxylation sites is 1. The lowest BCUT2D eigenvalue weighted by Gasteiger charge is -2.16. The van der Waals surface area contributed by atoms with Gasteiger partial charge in [-0.25, -0.2) is 22.9 Å². The van der Waals surface area contributed by atoms with E-state index in [1.165, 1.54) is 12.1 Å². The highest BCUT2D eigenvalue weighted by molar-refractivity contribution is 7.90. The largest absolute Gasteiger partial charge is 0.449 e. The molecule has 0 spiro atoms. The number of aromatic nitrogens is 3. The average molecular weight is 379 g/mol. The average Bonchev–Trinajstić information content (AvgIpc) is 2.78. The normalized spacial score (nSPS) is 14.8. The summed E-state index contributed by atoms with van der Waals surface area (Å²) in [6, 6.07) is 3.39. The highest BCUT2D eigenvalue weighted by atomic mass is 32.2. The molecule has 2 amide bonds. The van der Waals surface area contributed by atoms with Crippen LogP contribution in [-0.4, -0.2) is 35.2 Å². The van der Waals surface area contributed by atoms with Gasteiger partial charge >= 0.3 is 6.03 Å². The van der Waals surface area contributed by atoms with E-state index in [2.05, 4.69) is 20.3 Å². The van der Waals surface area contributed by atoms with Crippen molar-refractivity contribution in [2.75, 3.05) is 5.32 Å². The SMILES string of the molecule is Cc1nc(C)nc(NC(=O)NS(=O)(=O)c2cccc3c2OC(C)(C)O3)n1. The fourth-order valence-corrected chi connectivity index (χ4v) is 3.44. The van der Waals surface area contributed by atoms with E-state index in [-0.39, 0.29) is 22.3 Å². The van der Waals surface area contributed by atoms with E-state index < -0.39 is 21.8 Å². The third-order valence-corrected chi connectivity index (χ3v) is 4.60. The van der Waals surface area contributed by atoms with Gasteiger partial charge in [-0.2, -0.15) is 9.97 Å². The number of sulfonamides is 1. The Morgan fingerprint density at radius 2 is 1.73 bits per heavy atom. The van der Waals surface area contributed by atoms with Gasteiger partial charge in [0.15, 0.2) is 11.5 Å². The van der Waals surface area contributed by atoms with Gasteiger partial charge in [-0.3, -0.25) is 5.32 Å². The molecule has 3 rings (SSSR count). The summed E-state index contributed by atoms with van der Waals surface area (Å²) >= 11 is 0. The first-order chi connectivity index (χ1) is 12.1. The predicted molar refractivity (Wildman–Crippen MR) is 90.4 cm³/mol. The standard InChI is InChI=1S/C15H17N5O5S/c1-8-16-9(2)18-13(17-8)19-14(21)20-26(22,23)11-7-5-6-10-12(11)25-15(3,4)24-10/h5-7H,1-4H3,(H2,16,17,18,19,20,21). The number of nitrogens with one attached hydrogen (secondary N) is 2. The van der Waals surface area contributed by atoms with Crippen molar-refractivity contribution in [2.24, 2.45) is 0 Å². The van der Waals surface area contributed by atoms with Crippen molar-refractivity contribution < 1.29 is 22.7 Å². The van der Waals surface area contributed by atoms with E-state index in [9.17, 15) is 13.2 Å². The number of anilines is 1. The molecule has 1 aromatic carbocycles. The van der Waals surface area contributed by atoms with Crippen molar-refractivity contribution in [1.29, 1.82) is 0 Å². The van der Waals surface area contributed by atoms with E-state index in [4.69, 9.17) is 9.47 Å². The van der Waals surface area contributed by atoms with Crippen LogP contribution in [0, 0.1) is 13.8 Å². The fraction of sp³-hybridized carbons (Fsp3) is 0.333. The summed E-state index contributed by atoms with van der Waals surface area (Å²) in [6.45, 7) is 6.55. The molecule has 2 aromatic rings. The van der Waals surface area contributed by atoms with E-state index in [0.717, 1.165) is 0 Å². The number of aryl methyl sites for hydroxylation is 2. The molecule has 1 aliphatic heterocycles. The van der Waals surface area contributed by atoms with Crippen LogP contribution in [0.3, 0.4) is 0 Å². The second-order valence-corrected chi connectivity index (χ2v) is 7.65. The second kappa shape index (κ2) is 6.09. The Balaban J connectivity index is 1.82. The van der Waals surface area contributed by atoms with Crippen LogP contribution in [0.4, 0.5) is 10.7 Å². The monoisotopic (exact) mass is 379 g/mol. The number of urea groups is 1. The molecule has 0 fully saturated rings. The summed E-state index contributed by atoms with van der Waals surface area (Å²) in [5.41, 5.74) is 0. The highest BCUT2D eigenvalue weighted by Gasteiger charge is 2.37. The third-order valence-electron chi connectivity index (χ3n) is 3.25. The zero-order chi connectivity index (χ0) is 19.1. The third kappa shape index (κ3) is 3.67. The zero-order valence-electron chi connectivity index (χ0n) is 14.5. The molecule has 0 bridgehead atoms. The molecule has 0 saturated carbocycles. The Morgan fingerprint density at radius 3 is 2.38 bits per heavy atom. The van der Waals surface area contributed by atoms with Crippen molar-refractivity contribution in [3.05, 3.63) is 29.8 Å². The Morgan fingerprint density at radius 1 is 1.08 bits per heavy atom. The number of carbonyl (C=O) groups is 1. The van der Waals surface area contributed by atoms with Crippen molar-refractivity contribution in [3.63, 3.8) is 0 Å². The molecule has 0 unspecified atom stereocenters. The molecule has 1 aliphatic rings. The maximum Gasteiger partial charge on any atom is 0.335 e. The van der Waals surface area contributed by atoms with Crippen molar-refractivity contribution in [2.45, 2.75) is 38.4 Å². The van der Waals surface area contributed by atoms with Crippen LogP contribution in [0.25, 0.3) is 0 Å². The Kier molecular flexibility index (Phi) is 4.18. The lowest BCUT2D eigenvalue weighted by atomic mass is 10.3. The number of fused-ring (bicyclic) bond motifs is 1. The van der Waals surface area contributed by atoms with E-state index in [0.29, 0.717) is 11.6 Å². The summed E-state index contributed by atoms with van der Waals surface area (Å²) in [4.78, 5) is 23.7. The van der Waals surface area contributed by atoms with Crippen molar-refractivity contribution >= 4 is 22.0 Å². The molecular weight excluding hydrogens is 362 g/mol. The molecule has 1 aromatic heterocycles. The number of rotatable bonds is 3. The van der Waals surface area contributed by atoms with Crippen LogP contribution >= 0.6 is 0 Å².